The smallest absolute Gasteiger partial charge is 0.260 e. The van der Waals surface area contributed by atoms with Crippen molar-refractivity contribution in [2.75, 3.05) is 18.5 Å². The summed E-state index contributed by atoms with van der Waals surface area (Å²) in [6.07, 6.45) is 3.91. The highest BCUT2D eigenvalue weighted by Crippen LogP contribution is 2.64. The maximum absolute atomic E-state index is 15.4. The summed E-state index contributed by atoms with van der Waals surface area (Å²) in [5.74, 6) is -5.09. The first-order chi connectivity index (χ1) is 27.5. The first kappa shape index (κ1) is 37.3. The van der Waals surface area contributed by atoms with Crippen LogP contribution in [0.15, 0.2) is 103 Å². The molecule has 292 valence electrons. The summed E-state index contributed by atoms with van der Waals surface area (Å²) >= 11 is 6.42. The number of hydrogen-bond acceptors (Lipinski definition) is 7. The molecule has 4 amide bonds. The second kappa shape index (κ2) is 14.3. The Morgan fingerprint density at radius 1 is 0.842 bits per heavy atom. The molecule has 6 atom stereocenters. The fourth-order valence-electron chi connectivity index (χ4n) is 10.7. The lowest BCUT2D eigenvalue weighted by Gasteiger charge is -2.50. The molecule has 2 N–H and O–H groups in total. The summed E-state index contributed by atoms with van der Waals surface area (Å²) in [6.45, 7) is 5.94. The third-order valence-electron chi connectivity index (χ3n) is 13.3. The molecule has 0 spiro atoms. The van der Waals surface area contributed by atoms with Gasteiger partial charge in [0.1, 0.15) is 11.6 Å². The summed E-state index contributed by atoms with van der Waals surface area (Å²) < 4.78 is 14.0. The fraction of sp³-hybridized carbons (Fsp3) is 0.348. The van der Waals surface area contributed by atoms with Crippen LogP contribution in [-0.2, 0) is 31.1 Å². The Hall–Kier alpha value is -5.32. The van der Waals surface area contributed by atoms with Crippen LogP contribution in [0.4, 0.5) is 10.1 Å². The van der Waals surface area contributed by atoms with E-state index in [9.17, 15) is 23.9 Å². The summed E-state index contributed by atoms with van der Waals surface area (Å²) in [4.78, 5) is 63.4. The molecular formula is C46H44ClFN4O5. The zero-order chi connectivity index (χ0) is 39.7. The maximum Gasteiger partial charge on any atom is 0.260 e. The summed E-state index contributed by atoms with van der Waals surface area (Å²) in [6, 6.07) is 26.2. The molecule has 3 aliphatic heterocycles. The summed E-state index contributed by atoms with van der Waals surface area (Å²) in [7, 11) is 0. The van der Waals surface area contributed by atoms with Crippen LogP contribution in [-0.4, -0.2) is 62.7 Å². The van der Waals surface area contributed by atoms with Crippen molar-refractivity contribution in [1.29, 1.82) is 0 Å². The number of fused-ring (bicyclic) bond motifs is 4. The molecule has 5 aliphatic rings. The molecule has 3 saturated heterocycles. The number of nitrogens with zero attached hydrogens (tertiary/aromatic N) is 3. The molecule has 4 aromatic rings. The molecular weight excluding hydrogens is 743 g/mol. The minimum atomic E-state index is -1.49. The molecule has 4 aromatic carbocycles. The minimum Gasteiger partial charge on any atom is -0.507 e. The molecule has 0 unspecified atom stereocenters. The first-order valence-corrected chi connectivity index (χ1v) is 20.1. The van der Waals surface area contributed by atoms with Crippen molar-refractivity contribution in [3.05, 3.63) is 141 Å². The molecule has 57 heavy (non-hydrogen) atoms. The van der Waals surface area contributed by atoms with Gasteiger partial charge in [-0.05, 0) is 110 Å². The second-order valence-electron chi connectivity index (χ2n) is 16.4. The number of halogens is 2. The lowest BCUT2D eigenvalue weighted by Crippen LogP contribution is -2.53. The Balaban J connectivity index is 1.12. The Morgan fingerprint density at radius 3 is 2.18 bits per heavy atom. The van der Waals surface area contributed by atoms with Gasteiger partial charge in [-0.1, -0.05) is 77.8 Å². The van der Waals surface area contributed by atoms with Gasteiger partial charge in [0.25, 0.3) is 11.8 Å². The third-order valence-corrected chi connectivity index (χ3v) is 13.6. The zero-order valence-corrected chi connectivity index (χ0v) is 32.6. The summed E-state index contributed by atoms with van der Waals surface area (Å²) in [5.41, 5.74) is 6.46. The van der Waals surface area contributed by atoms with Crippen molar-refractivity contribution < 1.29 is 28.7 Å². The topological polar surface area (TPSA) is 110 Å². The number of allylic oxidation sites excluding steroid dienone is 2. The molecule has 9 rings (SSSR count). The molecule has 0 bridgehead atoms. The quantitative estimate of drug-likeness (QED) is 0.148. The number of carbonyl (C=O) groups excluding carboxylic acids is 4. The lowest BCUT2D eigenvalue weighted by atomic mass is 9.49. The number of phenols is 1. The van der Waals surface area contributed by atoms with Gasteiger partial charge in [0, 0.05) is 36.6 Å². The van der Waals surface area contributed by atoms with E-state index in [1.165, 1.54) is 29.8 Å². The van der Waals surface area contributed by atoms with Gasteiger partial charge < -0.3 is 5.11 Å². The average Bonchev–Trinajstić information content (AvgIpc) is 3.59. The van der Waals surface area contributed by atoms with Crippen LogP contribution in [0.5, 0.6) is 5.75 Å². The van der Waals surface area contributed by atoms with E-state index in [2.05, 4.69) is 22.5 Å². The Labute approximate surface area is 336 Å². The average molecular weight is 787 g/mol. The molecule has 0 radical (unpaired) electrons. The van der Waals surface area contributed by atoms with E-state index in [1.807, 2.05) is 36.4 Å². The molecule has 3 heterocycles. The predicted octanol–water partition coefficient (Wildman–Crippen LogP) is 7.45. The number of carbonyl (C=O) groups is 4. The number of imide groups is 2. The minimum absolute atomic E-state index is 0.136. The van der Waals surface area contributed by atoms with Crippen LogP contribution in [0.25, 0.3) is 0 Å². The van der Waals surface area contributed by atoms with Crippen molar-refractivity contribution in [2.45, 2.75) is 63.5 Å². The molecule has 9 nitrogen and oxygen atoms in total. The molecule has 11 heteroatoms. The second-order valence-corrected chi connectivity index (χ2v) is 16.9. The fourth-order valence-corrected chi connectivity index (χ4v) is 10.9. The number of piperidine rings is 1. The van der Waals surface area contributed by atoms with Crippen molar-refractivity contribution in [2.24, 2.45) is 23.7 Å². The van der Waals surface area contributed by atoms with Gasteiger partial charge in [0.15, 0.2) is 0 Å². The van der Waals surface area contributed by atoms with Crippen LogP contribution in [0, 0.1) is 43.3 Å². The van der Waals surface area contributed by atoms with Crippen LogP contribution in [0.3, 0.4) is 0 Å². The van der Waals surface area contributed by atoms with Crippen LogP contribution >= 0.6 is 11.6 Å². The van der Waals surface area contributed by atoms with E-state index in [4.69, 9.17) is 11.6 Å². The van der Waals surface area contributed by atoms with Gasteiger partial charge in [-0.15, -0.1) is 0 Å². The number of aryl methyl sites for hydroxylation is 2. The number of hydrazine groups is 1. The number of likely N-dealkylation sites (tertiary alicyclic amines) is 2. The normalized spacial score (nSPS) is 27.6. The number of amides is 4. The lowest BCUT2D eigenvalue weighted by molar-refractivity contribution is -0.144. The molecule has 1 saturated carbocycles. The van der Waals surface area contributed by atoms with Crippen LogP contribution in [0.2, 0.25) is 5.02 Å². The van der Waals surface area contributed by atoms with Gasteiger partial charge in [-0.2, -0.15) is 5.01 Å². The number of aromatic hydroxyl groups is 1. The standard InChI is InChI=1S/C46H44ClFN4O5/c1-26-22-29(23-27(2)41(26)53)40-35-16-17-36-39(44(56)51(42(36)54)34-18-20-50(21-19-34)25-28-6-4-3-5-7-28)37(35)24-38-43(55)52(49-33-14-12-32(48)13-15-33)45(57)46(38,40)30-8-10-31(47)11-9-30/h3-16,22-23,34,36-40,49,53H,17-21,24-25H2,1-2H3/t36-,37+,38-,39-,40-,46+/m0/s1. The SMILES string of the molecule is Cc1cc([C@H]2C3=CC[C@@H]4C(=O)N(C5CCN(Cc6ccccc6)CC5)C(=O)[C@@H]4[C@@H]3C[C@H]3C(=O)N(Nc4ccc(F)cc4)C(=O)[C@@]23c2ccc(Cl)cc2)cc(C)c1O. The zero-order valence-electron chi connectivity index (χ0n) is 31.8. The number of nitrogens with one attached hydrogen (secondary N) is 1. The monoisotopic (exact) mass is 786 g/mol. The number of benzene rings is 4. The van der Waals surface area contributed by atoms with E-state index in [-0.39, 0.29) is 30.0 Å². The number of hydrogen-bond donors (Lipinski definition) is 2. The molecule has 2 aliphatic carbocycles. The number of anilines is 1. The van der Waals surface area contributed by atoms with Gasteiger partial charge >= 0.3 is 0 Å². The molecule has 4 fully saturated rings. The van der Waals surface area contributed by atoms with E-state index >= 15 is 4.79 Å². The molecule has 0 aromatic heterocycles. The highest BCUT2D eigenvalue weighted by atomic mass is 35.5. The number of phenolic OH excluding ortho intramolecular Hbond substituents is 1. The maximum atomic E-state index is 15.4. The highest BCUT2D eigenvalue weighted by molar-refractivity contribution is 6.30. The Kier molecular flexibility index (Phi) is 9.32. The van der Waals surface area contributed by atoms with Crippen LogP contribution in [0.1, 0.15) is 59.4 Å². The van der Waals surface area contributed by atoms with Gasteiger partial charge in [-0.25, -0.2) is 4.39 Å². The van der Waals surface area contributed by atoms with E-state index < -0.39 is 52.6 Å². The van der Waals surface area contributed by atoms with E-state index in [0.29, 0.717) is 46.7 Å². The Morgan fingerprint density at radius 2 is 1.51 bits per heavy atom. The number of rotatable bonds is 7. The third kappa shape index (κ3) is 5.98. The largest absolute Gasteiger partial charge is 0.507 e. The first-order valence-electron chi connectivity index (χ1n) is 19.8. The van der Waals surface area contributed by atoms with Gasteiger partial charge in [-0.3, -0.25) is 34.4 Å². The summed E-state index contributed by atoms with van der Waals surface area (Å²) in [5, 5.41) is 12.4. The highest BCUT2D eigenvalue weighted by Gasteiger charge is 2.70. The van der Waals surface area contributed by atoms with Gasteiger partial charge in [0.05, 0.1) is 28.9 Å². The van der Waals surface area contributed by atoms with E-state index in [0.717, 1.165) is 35.8 Å². The predicted molar refractivity (Wildman–Crippen MR) is 213 cm³/mol. The van der Waals surface area contributed by atoms with Gasteiger partial charge in [0.2, 0.25) is 11.8 Å². The van der Waals surface area contributed by atoms with Crippen molar-refractivity contribution >= 4 is 40.9 Å². The van der Waals surface area contributed by atoms with E-state index in [1.54, 1.807) is 43.0 Å². The van der Waals surface area contributed by atoms with Crippen LogP contribution < -0.4 is 5.43 Å². The van der Waals surface area contributed by atoms with Crippen molar-refractivity contribution in [3.8, 4) is 5.75 Å². The van der Waals surface area contributed by atoms with Crippen molar-refractivity contribution in [1.82, 2.24) is 14.8 Å². The van der Waals surface area contributed by atoms with Crippen molar-refractivity contribution in [3.63, 3.8) is 0 Å². The Bertz CT molecular complexity index is 2290.